The molecule has 2 aromatic heterocycles. The number of pyridine rings is 2. The number of nitro groups is 1. The average molecular weight is 550 g/mol. The van der Waals surface area contributed by atoms with Crippen LogP contribution in [0.15, 0.2) is 34.2 Å². The van der Waals surface area contributed by atoms with Gasteiger partial charge in [-0.15, -0.1) is 0 Å². The second-order valence-electron chi connectivity index (χ2n) is 9.94. The first-order valence-electron chi connectivity index (χ1n) is 12.8. The maximum absolute atomic E-state index is 13.7. The lowest BCUT2D eigenvalue weighted by molar-refractivity contribution is -0.386. The first-order chi connectivity index (χ1) is 19.0. The summed E-state index contributed by atoms with van der Waals surface area (Å²) in [7, 11) is 0. The van der Waals surface area contributed by atoms with E-state index in [2.05, 4.69) is 10.1 Å². The van der Waals surface area contributed by atoms with Gasteiger partial charge in [-0.2, -0.15) is 5.10 Å². The van der Waals surface area contributed by atoms with Crippen LogP contribution in [0.4, 0.5) is 5.69 Å². The molecule has 3 aromatic rings. The Morgan fingerprint density at radius 2 is 2.05 bits per heavy atom. The van der Waals surface area contributed by atoms with E-state index in [0.717, 1.165) is 5.01 Å². The number of aromatic nitrogens is 2. The van der Waals surface area contributed by atoms with E-state index in [4.69, 9.17) is 4.74 Å². The van der Waals surface area contributed by atoms with Crippen LogP contribution in [0.5, 0.6) is 0 Å². The lowest BCUT2D eigenvalue weighted by atomic mass is 9.84. The van der Waals surface area contributed by atoms with Crippen molar-refractivity contribution in [3.05, 3.63) is 67.0 Å². The summed E-state index contributed by atoms with van der Waals surface area (Å²) >= 11 is 0. The van der Waals surface area contributed by atoms with Gasteiger partial charge >= 0.3 is 11.7 Å². The van der Waals surface area contributed by atoms with Gasteiger partial charge in [0, 0.05) is 22.4 Å². The van der Waals surface area contributed by atoms with Crippen molar-refractivity contribution < 1.29 is 29.5 Å². The minimum Gasteiger partial charge on any atom is -0.458 e. The molecule has 2 aliphatic heterocycles. The highest BCUT2D eigenvalue weighted by atomic mass is 16.6. The lowest BCUT2D eigenvalue weighted by Crippen LogP contribution is -2.45. The first kappa shape index (κ1) is 27.1. The lowest BCUT2D eigenvalue weighted by Gasteiger charge is -2.31. The molecule has 5 rings (SSSR count). The van der Waals surface area contributed by atoms with Crippen LogP contribution in [0.2, 0.25) is 0 Å². The molecule has 2 N–H and O–H groups in total. The van der Waals surface area contributed by atoms with Crippen molar-refractivity contribution in [1.82, 2.24) is 14.6 Å². The van der Waals surface area contributed by atoms with E-state index in [1.807, 2.05) is 0 Å². The second-order valence-corrected chi connectivity index (χ2v) is 9.94. The number of nitrogens with zero attached hydrogens (tertiary/aromatic N) is 5. The maximum Gasteiger partial charge on any atom is 0.343 e. The number of benzene rings is 1. The van der Waals surface area contributed by atoms with E-state index in [1.165, 1.54) is 17.7 Å². The molecule has 0 saturated carbocycles. The number of hydrogen-bond donors (Lipinski definition) is 2. The monoisotopic (exact) mass is 549 g/mol. The van der Waals surface area contributed by atoms with Crippen LogP contribution in [-0.4, -0.2) is 60.9 Å². The standard InChI is InChI=1S/C27H27N5O8/c1-4-27(37)20-18(13-40-26(27)36)25(35)30-12-17-16(11-28-31(9-10-33)24(34)14(2)3)15-7-5-6-8-19(15)29-21(17)23(30)22(20)32(38)39/h5-8,11,14,33,37H,4,9-10,12-13H2,1-3H3/b28-11+/t27-/m0/s1. The third-order valence-corrected chi connectivity index (χ3v) is 7.29. The van der Waals surface area contributed by atoms with E-state index in [0.29, 0.717) is 22.0 Å². The number of hydrazone groups is 1. The molecule has 13 nitrogen and oxygen atoms in total. The Balaban J connectivity index is 1.82. The van der Waals surface area contributed by atoms with Gasteiger partial charge in [0.05, 0.1) is 47.5 Å². The number of ether oxygens (including phenoxy) is 1. The van der Waals surface area contributed by atoms with E-state index in [1.54, 1.807) is 38.1 Å². The Hall–Kier alpha value is -4.49. The van der Waals surface area contributed by atoms with Gasteiger partial charge in [-0.3, -0.25) is 24.3 Å². The SMILES string of the molecule is CC[C@@]1(O)C(=O)OCc2c1c([N+](=O)[O-])c1n(c2=O)Cc2c-1nc1ccccc1c2/C=N/N(CCO)C(=O)C(C)C. The van der Waals surface area contributed by atoms with Crippen LogP contribution in [0.3, 0.4) is 0 Å². The summed E-state index contributed by atoms with van der Waals surface area (Å²) in [6.07, 6.45) is 1.18. The molecule has 1 atom stereocenters. The summed E-state index contributed by atoms with van der Waals surface area (Å²) in [5.74, 6) is -1.76. The number of aliphatic hydroxyl groups excluding tert-OH is 1. The van der Waals surface area contributed by atoms with Crippen molar-refractivity contribution >= 4 is 34.7 Å². The highest BCUT2D eigenvalue weighted by Crippen LogP contribution is 2.46. The van der Waals surface area contributed by atoms with Crippen molar-refractivity contribution in [2.24, 2.45) is 11.0 Å². The van der Waals surface area contributed by atoms with Crippen molar-refractivity contribution in [3.8, 4) is 11.4 Å². The smallest absolute Gasteiger partial charge is 0.343 e. The molecule has 0 unspecified atom stereocenters. The molecule has 13 heteroatoms. The number of rotatable bonds is 7. The summed E-state index contributed by atoms with van der Waals surface area (Å²) in [5, 5.41) is 39.4. The van der Waals surface area contributed by atoms with Crippen molar-refractivity contribution in [2.45, 2.75) is 45.9 Å². The molecule has 0 aliphatic carbocycles. The zero-order valence-corrected chi connectivity index (χ0v) is 22.1. The van der Waals surface area contributed by atoms with Gasteiger partial charge < -0.3 is 14.9 Å². The molecule has 0 radical (unpaired) electrons. The van der Waals surface area contributed by atoms with Gasteiger partial charge in [-0.1, -0.05) is 39.0 Å². The molecular formula is C27H27N5O8. The summed E-state index contributed by atoms with van der Waals surface area (Å²) in [5.41, 5.74) is -2.77. The number of para-hydroxylation sites is 1. The predicted octanol–water partition coefficient (Wildman–Crippen LogP) is 1.80. The van der Waals surface area contributed by atoms with Gasteiger partial charge in [0.1, 0.15) is 18.0 Å². The largest absolute Gasteiger partial charge is 0.458 e. The highest BCUT2D eigenvalue weighted by molar-refractivity contribution is 6.03. The van der Waals surface area contributed by atoms with Crippen molar-refractivity contribution in [3.63, 3.8) is 0 Å². The van der Waals surface area contributed by atoms with E-state index in [-0.39, 0.29) is 60.5 Å². The normalized spacial score (nSPS) is 17.6. The summed E-state index contributed by atoms with van der Waals surface area (Å²) in [4.78, 5) is 55.4. The number of hydrogen-bond acceptors (Lipinski definition) is 10. The minimum absolute atomic E-state index is 0.0414. The molecule has 0 saturated heterocycles. The highest BCUT2D eigenvalue weighted by Gasteiger charge is 2.52. The van der Waals surface area contributed by atoms with Crippen LogP contribution in [0, 0.1) is 16.0 Å². The fourth-order valence-electron chi connectivity index (χ4n) is 5.27. The predicted molar refractivity (Wildman–Crippen MR) is 142 cm³/mol. The van der Waals surface area contributed by atoms with Crippen LogP contribution in [0.1, 0.15) is 49.4 Å². The molecule has 0 spiro atoms. The third-order valence-electron chi connectivity index (χ3n) is 7.29. The Kier molecular flexibility index (Phi) is 6.72. The van der Waals surface area contributed by atoms with E-state index >= 15 is 0 Å². The number of carbonyl (C=O) groups is 2. The minimum atomic E-state index is -2.38. The van der Waals surface area contributed by atoms with Crippen LogP contribution < -0.4 is 5.56 Å². The molecule has 40 heavy (non-hydrogen) atoms. The maximum atomic E-state index is 13.7. The van der Waals surface area contributed by atoms with Crippen molar-refractivity contribution in [2.75, 3.05) is 13.2 Å². The Bertz CT molecular complexity index is 1680. The van der Waals surface area contributed by atoms with Gasteiger partial charge in [-0.25, -0.2) is 14.8 Å². The Labute approximate surface area is 227 Å². The van der Waals surface area contributed by atoms with E-state index < -0.39 is 34.3 Å². The number of cyclic esters (lactones) is 1. The fourth-order valence-corrected chi connectivity index (χ4v) is 5.27. The molecule has 0 bridgehead atoms. The van der Waals surface area contributed by atoms with Gasteiger partial charge in [0.15, 0.2) is 5.60 Å². The Morgan fingerprint density at radius 1 is 1.32 bits per heavy atom. The quantitative estimate of drug-likeness (QED) is 0.151. The van der Waals surface area contributed by atoms with Crippen LogP contribution >= 0.6 is 0 Å². The zero-order chi connectivity index (χ0) is 28.9. The Morgan fingerprint density at radius 3 is 2.70 bits per heavy atom. The van der Waals surface area contributed by atoms with Crippen molar-refractivity contribution in [1.29, 1.82) is 0 Å². The number of esters is 1. The molecule has 208 valence electrons. The molecule has 0 fully saturated rings. The zero-order valence-electron chi connectivity index (χ0n) is 22.1. The molecule has 1 aromatic carbocycles. The summed E-state index contributed by atoms with van der Waals surface area (Å²) < 4.78 is 6.26. The van der Waals surface area contributed by atoms with Gasteiger partial charge in [0.25, 0.3) is 5.56 Å². The topological polar surface area (TPSA) is 177 Å². The fraction of sp³-hybridized carbons (Fsp3) is 0.370. The van der Waals surface area contributed by atoms with Gasteiger partial charge in [-0.05, 0) is 12.5 Å². The van der Waals surface area contributed by atoms with Crippen LogP contribution in [-0.2, 0) is 33.1 Å². The number of fused-ring (bicyclic) bond motifs is 5. The number of aliphatic hydroxyl groups is 2. The molecular weight excluding hydrogens is 522 g/mol. The summed E-state index contributed by atoms with van der Waals surface area (Å²) in [6.45, 7) is 3.91. The number of carbonyl (C=O) groups excluding carboxylic acids is 2. The number of amides is 1. The second kappa shape index (κ2) is 9.92. The van der Waals surface area contributed by atoms with Crippen LogP contribution in [0.25, 0.3) is 22.3 Å². The molecule has 4 heterocycles. The first-order valence-corrected chi connectivity index (χ1v) is 12.8. The third kappa shape index (κ3) is 3.97. The molecule has 2 aliphatic rings. The van der Waals surface area contributed by atoms with Gasteiger partial charge in [0.2, 0.25) is 5.91 Å². The molecule has 1 amide bonds. The average Bonchev–Trinajstić information content (AvgIpc) is 3.31. The summed E-state index contributed by atoms with van der Waals surface area (Å²) in [6, 6.07) is 6.98. The van der Waals surface area contributed by atoms with E-state index in [9.17, 15) is 34.7 Å².